The minimum atomic E-state index is -0.529. The lowest BCUT2D eigenvalue weighted by molar-refractivity contribution is -0.120. The van der Waals surface area contributed by atoms with E-state index in [1.807, 2.05) is 48.5 Å². The van der Waals surface area contributed by atoms with Crippen molar-refractivity contribution in [3.8, 4) is 5.75 Å². The Morgan fingerprint density at radius 2 is 1.36 bits per heavy atom. The number of anilines is 2. The minimum absolute atomic E-state index is 0.0650. The van der Waals surface area contributed by atoms with Gasteiger partial charge in [0.05, 0.1) is 11.4 Å². The molecule has 206 valence electrons. The highest BCUT2D eigenvalue weighted by Crippen LogP contribution is 2.33. The van der Waals surface area contributed by atoms with Gasteiger partial charge in [0, 0.05) is 16.1 Å². The first-order chi connectivity index (χ1) is 20.4. The molecule has 5 nitrogen and oxygen atoms in total. The largest absolute Gasteiger partial charge is 0.488 e. The zero-order chi connectivity index (χ0) is 29.2. The molecule has 0 radical (unpaired) electrons. The summed E-state index contributed by atoms with van der Waals surface area (Å²) in [6, 6.07) is 35.6. The van der Waals surface area contributed by atoms with Crippen LogP contribution < -0.4 is 14.5 Å². The molecular formula is C35H25ClN2O3S. The smallest absolute Gasteiger partial charge is 0.270 e. The van der Waals surface area contributed by atoms with Gasteiger partial charge in [-0.2, -0.15) is 0 Å². The minimum Gasteiger partial charge on any atom is -0.488 e. The predicted molar refractivity (Wildman–Crippen MR) is 173 cm³/mol. The van der Waals surface area contributed by atoms with E-state index in [-0.39, 0.29) is 10.7 Å². The van der Waals surface area contributed by atoms with Crippen molar-refractivity contribution in [2.45, 2.75) is 13.5 Å². The molecule has 6 rings (SSSR count). The van der Waals surface area contributed by atoms with Crippen LogP contribution in [0.1, 0.15) is 16.7 Å². The Balaban J connectivity index is 1.42. The summed E-state index contributed by atoms with van der Waals surface area (Å²) in [6.07, 6.45) is 1.54. The maximum absolute atomic E-state index is 13.9. The molecule has 1 aliphatic rings. The Bertz CT molecular complexity index is 1810. The van der Waals surface area contributed by atoms with Crippen LogP contribution in [-0.2, 0) is 16.2 Å². The third kappa shape index (κ3) is 5.18. The summed E-state index contributed by atoms with van der Waals surface area (Å²) in [7, 11) is 0. The van der Waals surface area contributed by atoms with Crippen molar-refractivity contribution < 1.29 is 14.3 Å². The summed E-state index contributed by atoms with van der Waals surface area (Å²) < 4.78 is 6.34. The number of rotatable bonds is 6. The average molecular weight is 589 g/mol. The Labute approximate surface area is 254 Å². The lowest BCUT2D eigenvalue weighted by Crippen LogP contribution is -2.56. The van der Waals surface area contributed by atoms with Crippen LogP contribution in [0.5, 0.6) is 5.75 Å². The van der Waals surface area contributed by atoms with Crippen LogP contribution in [0.15, 0.2) is 121 Å². The fourth-order valence-electron chi connectivity index (χ4n) is 5.04. The van der Waals surface area contributed by atoms with Gasteiger partial charge in [-0.15, -0.1) is 0 Å². The van der Waals surface area contributed by atoms with Gasteiger partial charge in [0.2, 0.25) is 0 Å². The number of hydrogen-bond acceptors (Lipinski definition) is 4. The zero-order valence-corrected chi connectivity index (χ0v) is 24.2. The van der Waals surface area contributed by atoms with Gasteiger partial charge in [0.25, 0.3) is 11.8 Å². The molecular weight excluding hydrogens is 564 g/mol. The van der Waals surface area contributed by atoms with E-state index in [9.17, 15) is 9.59 Å². The number of carbonyl (C=O) groups excluding carboxylic acids is 2. The highest BCUT2D eigenvalue weighted by Gasteiger charge is 2.41. The molecule has 1 saturated heterocycles. The Morgan fingerprint density at radius 1 is 0.762 bits per heavy atom. The molecule has 5 aromatic rings. The topological polar surface area (TPSA) is 49.9 Å². The van der Waals surface area contributed by atoms with Gasteiger partial charge in [-0.25, -0.2) is 0 Å². The maximum atomic E-state index is 13.9. The average Bonchev–Trinajstić information content (AvgIpc) is 3.01. The van der Waals surface area contributed by atoms with E-state index >= 15 is 0 Å². The molecule has 0 saturated carbocycles. The summed E-state index contributed by atoms with van der Waals surface area (Å²) in [4.78, 5) is 30.6. The molecule has 1 fully saturated rings. The second-order valence-electron chi connectivity index (χ2n) is 9.85. The number of benzene rings is 5. The molecule has 0 bridgehead atoms. The Morgan fingerprint density at radius 3 is 2.00 bits per heavy atom. The number of ether oxygens (including phenoxy) is 1. The van der Waals surface area contributed by atoms with E-state index in [4.69, 9.17) is 28.6 Å². The Hall–Kier alpha value is -4.78. The van der Waals surface area contributed by atoms with Gasteiger partial charge in [-0.1, -0.05) is 84.4 Å². The molecule has 7 heteroatoms. The summed E-state index contributed by atoms with van der Waals surface area (Å²) in [5.74, 6) is -0.566. The van der Waals surface area contributed by atoms with E-state index in [0.29, 0.717) is 34.3 Å². The van der Waals surface area contributed by atoms with Gasteiger partial charge in [-0.05, 0) is 84.0 Å². The number of halogens is 1. The second-order valence-corrected chi connectivity index (χ2v) is 10.6. The number of para-hydroxylation sites is 2. The molecule has 0 N–H and O–H groups in total. The number of carbonyl (C=O) groups is 2. The third-order valence-corrected chi connectivity index (χ3v) is 7.80. The SMILES string of the molecule is Cc1ccc2ccccc2c1COc1ccc(Cl)cc1C=C1C(=O)N(c2ccccc2)C(=S)N(c2ccccc2)C1=O. The second kappa shape index (κ2) is 11.6. The zero-order valence-electron chi connectivity index (χ0n) is 22.7. The molecule has 42 heavy (non-hydrogen) atoms. The van der Waals surface area contributed by atoms with Gasteiger partial charge in [0.1, 0.15) is 17.9 Å². The molecule has 5 aromatic carbocycles. The molecule has 0 aromatic heterocycles. The normalized spacial score (nSPS) is 13.6. The monoisotopic (exact) mass is 588 g/mol. The van der Waals surface area contributed by atoms with Gasteiger partial charge in [-0.3, -0.25) is 19.4 Å². The lowest BCUT2D eigenvalue weighted by Gasteiger charge is -2.36. The van der Waals surface area contributed by atoms with Crippen LogP contribution in [0.4, 0.5) is 11.4 Å². The predicted octanol–water partition coefficient (Wildman–Crippen LogP) is 8.13. The molecule has 0 atom stereocenters. The lowest BCUT2D eigenvalue weighted by atomic mass is 10.0. The van der Waals surface area contributed by atoms with Gasteiger partial charge in [0.15, 0.2) is 5.11 Å². The molecule has 2 amide bonds. The van der Waals surface area contributed by atoms with Crippen LogP contribution in [-0.4, -0.2) is 16.9 Å². The number of aryl methyl sites for hydroxylation is 1. The van der Waals surface area contributed by atoms with Gasteiger partial charge < -0.3 is 4.74 Å². The highest BCUT2D eigenvalue weighted by molar-refractivity contribution is 7.81. The van der Waals surface area contributed by atoms with Crippen molar-refractivity contribution in [3.05, 3.63) is 143 Å². The number of nitrogens with zero attached hydrogens (tertiary/aromatic N) is 2. The van der Waals surface area contributed by atoms with Crippen LogP contribution in [0, 0.1) is 6.92 Å². The van der Waals surface area contributed by atoms with Crippen molar-refractivity contribution >= 4 is 69.0 Å². The van der Waals surface area contributed by atoms with Crippen molar-refractivity contribution in [2.75, 3.05) is 9.80 Å². The molecule has 1 heterocycles. The molecule has 1 aliphatic heterocycles. The van der Waals surface area contributed by atoms with E-state index in [1.54, 1.807) is 42.5 Å². The number of thiocarbonyl (C=S) groups is 1. The van der Waals surface area contributed by atoms with Crippen LogP contribution in [0.25, 0.3) is 16.8 Å². The molecule has 0 aliphatic carbocycles. The molecule has 0 spiro atoms. The van der Waals surface area contributed by atoms with Crippen molar-refractivity contribution in [1.82, 2.24) is 0 Å². The Kier molecular flexibility index (Phi) is 7.57. The summed E-state index contributed by atoms with van der Waals surface area (Å²) >= 11 is 12.1. The van der Waals surface area contributed by atoms with Crippen molar-refractivity contribution in [1.29, 1.82) is 0 Å². The van der Waals surface area contributed by atoms with Crippen LogP contribution in [0.2, 0.25) is 5.02 Å². The fourth-order valence-corrected chi connectivity index (χ4v) is 5.60. The fraction of sp³-hybridized carbons (Fsp3) is 0.0571. The first-order valence-electron chi connectivity index (χ1n) is 13.4. The van der Waals surface area contributed by atoms with Gasteiger partial charge >= 0.3 is 0 Å². The highest BCUT2D eigenvalue weighted by atomic mass is 35.5. The van der Waals surface area contributed by atoms with E-state index in [0.717, 1.165) is 21.9 Å². The standard InChI is InChI=1S/C35H25ClN2O3S/c1-23-16-17-24-10-8-9-15-29(24)31(23)22-41-32-19-18-26(36)20-25(32)21-30-33(39)37(27-11-4-2-5-12-27)35(42)38(34(30)40)28-13-6-3-7-14-28/h2-21H,22H2,1H3. The summed E-state index contributed by atoms with van der Waals surface area (Å²) in [5, 5.41) is 2.75. The first kappa shape index (κ1) is 27.4. The van der Waals surface area contributed by atoms with E-state index < -0.39 is 11.8 Å². The van der Waals surface area contributed by atoms with Crippen molar-refractivity contribution in [3.63, 3.8) is 0 Å². The number of hydrogen-bond donors (Lipinski definition) is 0. The summed E-state index contributed by atoms with van der Waals surface area (Å²) in [6.45, 7) is 2.34. The number of amides is 2. The maximum Gasteiger partial charge on any atom is 0.270 e. The van der Waals surface area contributed by atoms with Crippen LogP contribution >= 0.6 is 23.8 Å². The number of fused-ring (bicyclic) bond motifs is 1. The molecule has 0 unspecified atom stereocenters. The van der Waals surface area contributed by atoms with E-state index in [2.05, 4.69) is 31.2 Å². The first-order valence-corrected chi connectivity index (χ1v) is 14.2. The van der Waals surface area contributed by atoms with Crippen molar-refractivity contribution in [2.24, 2.45) is 0 Å². The third-order valence-electron chi connectivity index (χ3n) is 7.20. The summed E-state index contributed by atoms with van der Waals surface area (Å²) in [5.41, 5.74) is 3.71. The van der Waals surface area contributed by atoms with Crippen LogP contribution in [0.3, 0.4) is 0 Å². The quantitative estimate of drug-likeness (QED) is 0.114. The van der Waals surface area contributed by atoms with E-state index in [1.165, 1.54) is 15.9 Å².